The van der Waals surface area contributed by atoms with Gasteiger partial charge in [0.05, 0.1) is 5.41 Å². The lowest BCUT2D eigenvalue weighted by molar-refractivity contribution is -0.128. The highest BCUT2D eigenvalue weighted by Gasteiger charge is 2.61. The summed E-state index contributed by atoms with van der Waals surface area (Å²) in [6.45, 7) is 0. The monoisotopic (exact) mass is 524 g/mol. The lowest BCUT2D eigenvalue weighted by atomic mass is 9.54. The normalized spacial score (nSPS) is 25.3. The number of ketones is 1. The molecule has 2 unspecified atom stereocenters. The number of rotatable bonds is 2. The van der Waals surface area contributed by atoms with Crippen molar-refractivity contribution in [3.63, 3.8) is 0 Å². The van der Waals surface area contributed by atoms with Crippen molar-refractivity contribution in [1.82, 2.24) is 4.98 Å². The van der Waals surface area contributed by atoms with Crippen LogP contribution in [0.1, 0.15) is 41.4 Å². The minimum atomic E-state index is -0.890. The van der Waals surface area contributed by atoms with E-state index in [0.717, 1.165) is 25.6 Å². The van der Waals surface area contributed by atoms with Crippen molar-refractivity contribution in [1.29, 1.82) is 0 Å². The zero-order chi connectivity index (χ0) is 20.9. The molecule has 1 aliphatic carbocycles. The van der Waals surface area contributed by atoms with E-state index in [1.54, 1.807) is 6.20 Å². The van der Waals surface area contributed by atoms with Gasteiger partial charge in [-0.1, -0.05) is 62.2 Å². The lowest BCUT2D eigenvalue weighted by Gasteiger charge is -2.45. The highest BCUT2D eigenvalue weighted by Crippen LogP contribution is 2.59. The summed E-state index contributed by atoms with van der Waals surface area (Å²) < 4.78 is 1.93. The quantitative estimate of drug-likeness (QED) is 0.465. The Bertz CT molecular complexity index is 1090. The minimum absolute atomic E-state index is 0.0791. The second kappa shape index (κ2) is 7.43. The SMILES string of the molecule is O=C1CC(c2ccc(Br)cc2)C2(C(=O)Nc3ncccc32)C(c2ccc(Br)cc2)C1. The molecule has 1 spiro atoms. The fraction of sp³-hybridized carbons (Fsp3) is 0.208. The zero-order valence-electron chi connectivity index (χ0n) is 15.9. The molecule has 1 N–H and O–H groups in total. The van der Waals surface area contributed by atoms with Crippen molar-refractivity contribution in [2.45, 2.75) is 30.1 Å². The van der Waals surface area contributed by atoms with Gasteiger partial charge in [0.15, 0.2) is 0 Å². The van der Waals surface area contributed by atoms with E-state index in [0.29, 0.717) is 18.7 Å². The molecule has 4 nitrogen and oxygen atoms in total. The molecule has 1 amide bonds. The van der Waals surface area contributed by atoms with Gasteiger partial charge in [-0.3, -0.25) is 9.59 Å². The van der Waals surface area contributed by atoms with Crippen LogP contribution < -0.4 is 5.32 Å². The average Bonchev–Trinajstić information content (AvgIpc) is 3.03. The second-order valence-electron chi connectivity index (χ2n) is 7.88. The molecule has 150 valence electrons. The van der Waals surface area contributed by atoms with E-state index < -0.39 is 5.41 Å². The molecule has 0 bridgehead atoms. The van der Waals surface area contributed by atoms with E-state index in [9.17, 15) is 9.59 Å². The fourth-order valence-corrected chi connectivity index (χ4v) is 5.65. The van der Waals surface area contributed by atoms with Crippen molar-refractivity contribution < 1.29 is 9.59 Å². The lowest BCUT2D eigenvalue weighted by Crippen LogP contribution is -2.50. The first-order chi connectivity index (χ1) is 14.5. The molecule has 1 aliphatic heterocycles. The van der Waals surface area contributed by atoms with E-state index >= 15 is 0 Å². The molecule has 5 rings (SSSR count). The van der Waals surface area contributed by atoms with Gasteiger partial charge in [0.25, 0.3) is 0 Å². The molecule has 1 saturated carbocycles. The summed E-state index contributed by atoms with van der Waals surface area (Å²) in [4.78, 5) is 31.1. The molecule has 6 heteroatoms. The maximum Gasteiger partial charge on any atom is 0.237 e. The molecule has 2 heterocycles. The number of carbonyl (C=O) groups is 2. The highest BCUT2D eigenvalue weighted by molar-refractivity contribution is 9.10. The number of fused-ring (bicyclic) bond motifs is 2. The van der Waals surface area contributed by atoms with Crippen molar-refractivity contribution in [2.75, 3.05) is 5.32 Å². The first kappa shape index (κ1) is 19.6. The summed E-state index contributed by atoms with van der Waals surface area (Å²) in [5.41, 5.74) is 1.96. The number of hydrogen-bond donors (Lipinski definition) is 1. The molecule has 30 heavy (non-hydrogen) atoms. The van der Waals surface area contributed by atoms with Gasteiger partial charge >= 0.3 is 0 Å². The van der Waals surface area contributed by atoms with Crippen LogP contribution in [-0.4, -0.2) is 16.7 Å². The molecular formula is C24H18Br2N2O2. The first-order valence-electron chi connectivity index (χ1n) is 9.79. The zero-order valence-corrected chi connectivity index (χ0v) is 19.1. The van der Waals surface area contributed by atoms with Crippen LogP contribution in [0.4, 0.5) is 5.82 Å². The van der Waals surface area contributed by atoms with Crippen molar-refractivity contribution in [2.24, 2.45) is 0 Å². The van der Waals surface area contributed by atoms with E-state index in [2.05, 4.69) is 42.2 Å². The van der Waals surface area contributed by atoms with E-state index in [1.165, 1.54) is 0 Å². The number of halogens is 2. The Hall–Kier alpha value is -2.31. The summed E-state index contributed by atoms with van der Waals surface area (Å²) in [6, 6.07) is 19.8. The number of aromatic nitrogens is 1. The molecule has 1 fully saturated rings. The summed E-state index contributed by atoms with van der Waals surface area (Å²) in [6.07, 6.45) is 2.35. The maximum atomic E-state index is 13.7. The van der Waals surface area contributed by atoms with E-state index in [-0.39, 0.29) is 23.5 Å². The topological polar surface area (TPSA) is 59.1 Å². The van der Waals surface area contributed by atoms with Crippen LogP contribution in [0.2, 0.25) is 0 Å². The molecule has 2 atom stereocenters. The Labute approximate surface area is 191 Å². The Morgan fingerprint density at radius 2 is 1.37 bits per heavy atom. The molecular weight excluding hydrogens is 508 g/mol. The van der Waals surface area contributed by atoms with Crippen molar-refractivity contribution >= 4 is 49.4 Å². The Kier molecular flexibility index (Phi) is 4.86. The molecule has 2 aromatic carbocycles. The predicted molar refractivity (Wildman–Crippen MR) is 123 cm³/mol. The van der Waals surface area contributed by atoms with Crippen LogP contribution in [0, 0.1) is 0 Å². The van der Waals surface area contributed by atoms with Crippen LogP contribution in [0.15, 0.2) is 75.8 Å². The van der Waals surface area contributed by atoms with Gasteiger partial charge in [-0.2, -0.15) is 0 Å². The molecule has 0 saturated heterocycles. The number of amides is 1. The van der Waals surface area contributed by atoms with Crippen molar-refractivity contribution in [3.8, 4) is 0 Å². The number of nitrogens with zero attached hydrogens (tertiary/aromatic N) is 1. The Morgan fingerprint density at radius 3 is 1.90 bits per heavy atom. The second-order valence-corrected chi connectivity index (χ2v) is 9.71. The number of Topliss-reactive ketones (excluding diaryl/α,β-unsaturated/α-hetero) is 1. The number of hydrogen-bond acceptors (Lipinski definition) is 3. The largest absolute Gasteiger partial charge is 0.310 e. The van der Waals surface area contributed by atoms with Crippen LogP contribution in [0.3, 0.4) is 0 Å². The first-order valence-corrected chi connectivity index (χ1v) is 11.4. The van der Waals surface area contributed by atoms with Gasteiger partial charge < -0.3 is 5.32 Å². The maximum absolute atomic E-state index is 13.7. The summed E-state index contributed by atoms with van der Waals surface area (Å²) >= 11 is 6.98. The number of nitrogens with one attached hydrogen (secondary N) is 1. The molecule has 2 aliphatic rings. The molecule has 1 aromatic heterocycles. The number of carbonyl (C=O) groups excluding carboxylic acids is 2. The van der Waals surface area contributed by atoms with Gasteiger partial charge in [0.2, 0.25) is 5.91 Å². The minimum Gasteiger partial charge on any atom is -0.310 e. The number of benzene rings is 2. The summed E-state index contributed by atoms with van der Waals surface area (Å²) in [7, 11) is 0. The van der Waals surface area contributed by atoms with E-state index in [4.69, 9.17) is 0 Å². The number of anilines is 1. The third-order valence-corrected chi connectivity index (χ3v) is 7.43. The molecule has 3 aromatic rings. The van der Waals surface area contributed by atoms with Gasteiger partial charge in [-0.25, -0.2) is 4.98 Å². The van der Waals surface area contributed by atoms with Crippen LogP contribution >= 0.6 is 31.9 Å². The van der Waals surface area contributed by atoms with Gasteiger partial charge in [-0.15, -0.1) is 0 Å². The van der Waals surface area contributed by atoms with Gasteiger partial charge in [0.1, 0.15) is 11.6 Å². The summed E-state index contributed by atoms with van der Waals surface area (Å²) in [5.74, 6) is 0.147. The van der Waals surface area contributed by atoms with Gasteiger partial charge in [-0.05, 0) is 41.5 Å². The van der Waals surface area contributed by atoms with Crippen LogP contribution in [-0.2, 0) is 15.0 Å². The third-order valence-electron chi connectivity index (χ3n) is 6.37. The standard InChI is InChI=1S/C24H18Br2N2O2/c25-16-7-3-14(4-8-16)20-12-18(29)13-21(15-5-9-17(26)10-6-15)24(20)19-2-1-11-27-22(19)28-23(24)30/h1-11,20-21H,12-13H2,(H,27,28,30). The van der Waals surface area contributed by atoms with Crippen LogP contribution in [0.5, 0.6) is 0 Å². The van der Waals surface area contributed by atoms with Crippen molar-refractivity contribution in [3.05, 3.63) is 92.5 Å². The van der Waals surface area contributed by atoms with Gasteiger partial charge in [0, 0.05) is 45.4 Å². The number of pyridine rings is 1. The molecule has 0 radical (unpaired) electrons. The van der Waals surface area contributed by atoms with E-state index in [1.807, 2.05) is 60.7 Å². The third kappa shape index (κ3) is 2.96. The van der Waals surface area contributed by atoms with Crippen LogP contribution in [0.25, 0.3) is 0 Å². The smallest absolute Gasteiger partial charge is 0.237 e. The highest BCUT2D eigenvalue weighted by atomic mass is 79.9. The Morgan fingerprint density at radius 1 is 0.833 bits per heavy atom. The summed E-state index contributed by atoms with van der Waals surface area (Å²) in [5, 5.41) is 3.02. The predicted octanol–water partition coefficient (Wildman–Crippen LogP) is 5.73. The average molecular weight is 526 g/mol. The fourth-order valence-electron chi connectivity index (χ4n) is 5.12. The Balaban J connectivity index is 1.78.